The molecule has 3 rings (SSSR count). The SMILES string of the molecule is COc1ncc(-c2cn[nH]c2)cc1CC(=O)[C@H](Cc1ccccc1)NC(=O)OC(C)(C)C. The van der Waals surface area contributed by atoms with Gasteiger partial charge < -0.3 is 14.8 Å². The maximum atomic E-state index is 13.3. The van der Waals surface area contributed by atoms with Gasteiger partial charge in [-0.25, -0.2) is 9.78 Å². The highest BCUT2D eigenvalue weighted by atomic mass is 16.6. The van der Waals surface area contributed by atoms with E-state index in [-0.39, 0.29) is 12.2 Å². The van der Waals surface area contributed by atoms with Crippen molar-refractivity contribution >= 4 is 11.9 Å². The molecule has 32 heavy (non-hydrogen) atoms. The molecule has 2 heterocycles. The van der Waals surface area contributed by atoms with Crippen molar-refractivity contribution in [2.24, 2.45) is 0 Å². The number of carbonyl (C=O) groups is 2. The van der Waals surface area contributed by atoms with Crippen molar-refractivity contribution in [3.05, 3.63) is 66.1 Å². The van der Waals surface area contributed by atoms with E-state index in [0.717, 1.165) is 16.7 Å². The monoisotopic (exact) mass is 436 g/mol. The minimum atomic E-state index is -0.769. The van der Waals surface area contributed by atoms with Gasteiger partial charge in [-0.3, -0.25) is 9.89 Å². The van der Waals surface area contributed by atoms with Crippen molar-refractivity contribution in [1.82, 2.24) is 20.5 Å². The van der Waals surface area contributed by atoms with Gasteiger partial charge in [-0.2, -0.15) is 5.10 Å². The third kappa shape index (κ3) is 6.41. The molecule has 1 amide bonds. The smallest absolute Gasteiger partial charge is 0.408 e. The van der Waals surface area contributed by atoms with E-state index in [1.165, 1.54) is 7.11 Å². The lowest BCUT2D eigenvalue weighted by Gasteiger charge is -2.23. The fourth-order valence-corrected chi connectivity index (χ4v) is 3.23. The molecule has 0 saturated carbocycles. The van der Waals surface area contributed by atoms with Gasteiger partial charge >= 0.3 is 6.09 Å². The van der Waals surface area contributed by atoms with Crippen LogP contribution >= 0.6 is 0 Å². The number of nitrogens with zero attached hydrogens (tertiary/aromatic N) is 2. The third-order valence-electron chi connectivity index (χ3n) is 4.68. The first-order valence-corrected chi connectivity index (χ1v) is 10.3. The van der Waals surface area contributed by atoms with Crippen LogP contribution in [0, 0.1) is 0 Å². The molecule has 0 aliphatic rings. The first-order chi connectivity index (χ1) is 15.2. The van der Waals surface area contributed by atoms with E-state index >= 15 is 0 Å². The number of ether oxygens (including phenoxy) is 2. The Balaban J connectivity index is 1.83. The molecule has 0 aliphatic heterocycles. The summed E-state index contributed by atoms with van der Waals surface area (Å²) < 4.78 is 10.7. The average molecular weight is 437 g/mol. The van der Waals surface area contributed by atoms with Crippen molar-refractivity contribution in [1.29, 1.82) is 0 Å². The van der Waals surface area contributed by atoms with E-state index in [1.54, 1.807) is 39.4 Å². The third-order valence-corrected chi connectivity index (χ3v) is 4.68. The normalized spacial score (nSPS) is 12.1. The van der Waals surface area contributed by atoms with Crippen LogP contribution in [0.5, 0.6) is 5.88 Å². The maximum Gasteiger partial charge on any atom is 0.408 e. The van der Waals surface area contributed by atoms with Gasteiger partial charge in [0.05, 0.1) is 19.3 Å². The number of nitrogens with one attached hydrogen (secondary N) is 2. The van der Waals surface area contributed by atoms with E-state index in [9.17, 15) is 9.59 Å². The van der Waals surface area contributed by atoms with Gasteiger partial charge in [-0.1, -0.05) is 30.3 Å². The Morgan fingerprint density at radius 3 is 2.50 bits per heavy atom. The summed E-state index contributed by atoms with van der Waals surface area (Å²) >= 11 is 0. The predicted octanol–water partition coefficient (Wildman–Crippen LogP) is 3.73. The Hall–Kier alpha value is -3.68. The van der Waals surface area contributed by atoms with Crippen molar-refractivity contribution in [2.75, 3.05) is 7.11 Å². The molecule has 8 heteroatoms. The van der Waals surface area contributed by atoms with Gasteiger partial charge in [-0.05, 0) is 38.8 Å². The van der Waals surface area contributed by atoms with E-state index in [0.29, 0.717) is 17.9 Å². The van der Waals surface area contributed by atoms with Crippen LogP contribution in [0.15, 0.2) is 55.0 Å². The molecule has 1 atom stereocenters. The molecule has 1 aromatic carbocycles. The molecule has 0 saturated heterocycles. The Bertz CT molecular complexity index is 1040. The van der Waals surface area contributed by atoms with Crippen LogP contribution in [0.2, 0.25) is 0 Å². The number of amides is 1. The zero-order valence-electron chi connectivity index (χ0n) is 18.7. The Morgan fingerprint density at radius 2 is 1.88 bits per heavy atom. The number of rotatable bonds is 8. The van der Waals surface area contributed by atoms with E-state index in [1.807, 2.05) is 36.4 Å². The summed E-state index contributed by atoms with van der Waals surface area (Å²) in [5.74, 6) is 0.186. The molecular formula is C24H28N4O4. The molecule has 0 fully saturated rings. The minimum Gasteiger partial charge on any atom is -0.481 e. The minimum absolute atomic E-state index is 0.0369. The largest absolute Gasteiger partial charge is 0.481 e. The van der Waals surface area contributed by atoms with Crippen molar-refractivity contribution < 1.29 is 19.1 Å². The van der Waals surface area contributed by atoms with Crippen LogP contribution in [0.4, 0.5) is 4.79 Å². The summed E-state index contributed by atoms with van der Waals surface area (Å²) in [6.45, 7) is 5.33. The molecule has 168 valence electrons. The first kappa shape index (κ1) is 23.0. The summed E-state index contributed by atoms with van der Waals surface area (Å²) in [5.41, 5.74) is 2.54. The number of benzene rings is 1. The second kappa shape index (κ2) is 10.1. The maximum absolute atomic E-state index is 13.3. The number of aromatic amines is 1. The molecule has 2 aromatic heterocycles. The van der Waals surface area contributed by atoms with Crippen LogP contribution in [-0.2, 0) is 22.4 Å². The Labute approximate surface area is 187 Å². The molecule has 8 nitrogen and oxygen atoms in total. The molecule has 0 unspecified atom stereocenters. The fraction of sp³-hybridized carbons (Fsp3) is 0.333. The topological polar surface area (TPSA) is 106 Å². The average Bonchev–Trinajstić information content (AvgIpc) is 3.27. The second-order valence-corrected chi connectivity index (χ2v) is 8.41. The van der Waals surface area contributed by atoms with E-state index in [2.05, 4.69) is 20.5 Å². The van der Waals surface area contributed by atoms with E-state index in [4.69, 9.17) is 9.47 Å². The number of aromatic nitrogens is 3. The van der Waals surface area contributed by atoms with Crippen LogP contribution in [0.1, 0.15) is 31.9 Å². The number of hydrogen-bond donors (Lipinski definition) is 2. The predicted molar refractivity (Wildman–Crippen MR) is 120 cm³/mol. The molecular weight excluding hydrogens is 408 g/mol. The number of H-pyrrole nitrogens is 1. The Kier molecular flexibility index (Phi) is 7.25. The van der Waals surface area contributed by atoms with Crippen molar-refractivity contribution in [3.8, 4) is 17.0 Å². The lowest BCUT2D eigenvalue weighted by molar-refractivity contribution is -0.120. The number of Topliss-reactive ketones (excluding diaryl/α,β-unsaturated/α-hetero) is 1. The van der Waals surface area contributed by atoms with Gasteiger partial charge in [0.1, 0.15) is 5.60 Å². The summed E-state index contributed by atoms with van der Waals surface area (Å²) in [5, 5.41) is 9.46. The number of carbonyl (C=O) groups excluding carboxylic acids is 2. The first-order valence-electron chi connectivity index (χ1n) is 10.3. The van der Waals surface area contributed by atoms with Crippen LogP contribution < -0.4 is 10.1 Å². The van der Waals surface area contributed by atoms with Crippen molar-refractivity contribution in [2.45, 2.75) is 45.3 Å². The number of ketones is 1. The molecule has 0 aliphatic carbocycles. The van der Waals surface area contributed by atoms with Crippen LogP contribution in [0.3, 0.4) is 0 Å². The quantitative estimate of drug-likeness (QED) is 0.557. The van der Waals surface area contributed by atoms with Gasteiger partial charge in [0.2, 0.25) is 5.88 Å². The molecule has 2 N–H and O–H groups in total. The van der Waals surface area contributed by atoms with Gasteiger partial charge in [-0.15, -0.1) is 0 Å². The highest BCUT2D eigenvalue weighted by Crippen LogP contribution is 2.24. The lowest BCUT2D eigenvalue weighted by atomic mass is 9.97. The summed E-state index contributed by atoms with van der Waals surface area (Å²) in [4.78, 5) is 30.1. The fourth-order valence-electron chi connectivity index (χ4n) is 3.23. The second-order valence-electron chi connectivity index (χ2n) is 8.41. The van der Waals surface area contributed by atoms with Gasteiger partial charge in [0.25, 0.3) is 0 Å². The van der Waals surface area contributed by atoms with Crippen LogP contribution in [0.25, 0.3) is 11.1 Å². The zero-order chi connectivity index (χ0) is 23.1. The van der Waals surface area contributed by atoms with Crippen LogP contribution in [-0.4, -0.2) is 45.8 Å². The number of alkyl carbamates (subject to hydrolysis) is 1. The summed E-state index contributed by atoms with van der Waals surface area (Å²) in [6, 6.07) is 10.6. The number of hydrogen-bond acceptors (Lipinski definition) is 6. The molecule has 3 aromatic rings. The highest BCUT2D eigenvalue weighted by Gasteiger charge is 2.26. The number of pyridine rings is 1. The molecule has 0 bridgehead atoms. The summed E-state index contributed by atoms with van der Waals surface area (Å²) in [6.07, 6.45) is 4.84. The van der Waals surface area contributed by atoms with Gasteiger partial charge in [0.15, 0.2) is 5.78 Å². The lowest BCUT2D eigenvalue weighted by Crippen LogP contribution is -2.45. The zero-order valence-corrected chi connectivity index (χ0v) is 18.7. The molecule has 0 spiro atoms. The van der Waals surface area contributed by atoms with Gasteiger partial charge in [0, 0.05) is 35.5 Å². The van der Waals surface area contributed by atoms with Crippen molar-refractivity contribution in [3.63, 3.8) is 0 Å². The number of methoxy groups -OCH3 is 1. The Morgan fingerprint density at radius 1 is 1.12 bits per heavy atom. The summed E-state index contributed by atoms with van der Waals surface area (Å²) in [7, 11) is 1.51. The van der Waals surface area contributed by atoms with E-state index < -0.39 is 17.7 Å². The standard InChI is InChI=1S/C24H28N4O4/c1-24(2,3)32-23(30)28-20(10-16-8-6-5-7-9-16)21(29)12-17-11-18(13-25-22(17)31-4)19-14-26-27-15-19/h5-9,11,13-15,20H,10,12H2,1-4H3,(H,26,27)(H,28,30)/t20-/m0/s1. The highest BCUT2D eigenvalue weighted by molar-refractivity contribution is 5.90. The molecule has 0 radical (unpaired) electrons.